The summed E-state index contributed by atoms with van der Waals surface area (Å²) in [5, 5.41) is 0. The zero-order valence-electron chi connectivity index (χ0n) is 10.4. The Morgan fingerprint density at radius 1 is 1.25 bits per heavy atom. The van der Waals surface area contributed by atoms with E-state index in [2.05, 4.69) is 15.9 Å². The van der Waals surface area contributed by atoms with Crippen molar-refractivity contribution < 1.29 is 17.6 Å². The van der Waals surface area contributed by atoms with Gasteiger partial charge in [-0.1, -0.05) is 0 Å². The Morgan fingerprint density at radius 2 is 1.85 bits per heavy atom. The summed E-state index contributed by atoms with van der Waals surface area (Å²) >= 11 is 3.09. The van der Waals surface area contributed by atoms with Gasteiger partial charge in [-0.25, -0.2) is 12.8 Å². The van der Waals surface area contributed by atoms with Crippen LogP contribution in [0.5, 0.6) is 0 Å². The first-order chi connectivity index (χ1) is 9.30. The summed E-state index contributed by atoms with van der Waals surface area (Å²) in [7, 11) is 0.939. The fourth-order valence-electron chi connectivity index (χ4n) is 2.15. The molecule has 1 amide bonds. The molecule has 0 unspecified atom stereocenters. The number of rotatable bonds is 2. The van der Waals surface area contributed by atoms with E-state index < -0.39 is 19.8 Å². The van der Waals surface area contributed by atoms with Crippen LogP contribution < -0.4 is 0 Å². The molecule has 1 heterocycles. The van der Waals surface area contributed by atoms with Crippen LogP contribution in [0.3, 0.4) is 0 Å². The zero-order valence-corrected chi connectivity index (χ0v) is 13.6. The van der Waals surface area contributed by atoms with E-state index in [0.717, 1.165) is 31.4 Å². The van der Waals surface area contributed by atoms with Gasteiger partial charge in [-0.15, -0.1) is 0 Å². The van der Waals surface area contributed by atoms with Gasteiger partial charge in [0.25, 0.3) is 15.0 Å². The van der Waals surface area contributed by atoms with Crippen LogP contribution in [0, 0.1) is 5.82 Å². The lowest BCUT2D eigenvalue weighted by atomic mass is 10.1. The van der Waals surface area contributed by atoms with Crippen LogP contribution in [0.1, 0.15) is 29.6 Å². The van der Waals surface area contributed by atoms with Gasteiger partial charge in [-0.05, 0) is 47.3 Å². The van der Waals surface area contributed by atoms with Crippen LogP contribution in [0.2, 0.25) is 0 Å². The zero-order chi connectivity index (χ0) is 14.9. The predicted molar refractivity (Wildman–Crippen MR) is 76.9 cm³/mol. The molecule has 0 aliphatic carbocycles. The van der Waals surface area contributed by atoms with E-state index in [1.54, 1.807) is 4.90 Å². The fourth-order valence-corrected chi connectivity index (χ4v) is 3.54. The molecule has 1 aromatic carbocycles. The standard InChI is InChI=1S/C12H12BrClFNO3S/c13-9-7-10(15)11(20(14,18)19)6-8(9)12(17)16-4-2-1-3-5-16/h6-7H,1-5H2. The van der Waals surface area contributed by atoms with E-state index in [-0.39, 0.29) is 15.9 Å². The third-order valence-corrected chi connectivity index (χ3v) is 5.15. The molecule has 8 heteroatoms. The first-order valence-electron chi connectivity index (χ1n) is 6.03. The monoisotopic (exact) mass is 383 g/mol. The Morgan fingerprint density at radius 3 is 2.40 bits per heavy atom. The average Bonchev–Trinajstić information content (AvgIpc) is 2.37. The Balaban J connectivity index is 2.43. The van der Waals surface area contributed by atoms with E-state index in [1.165, 1.54) is 0 Å². The quantitative estimate of drug-likeness (QED) is 0.736. The maximum atomic E-state index is 13.6. The number of halogens is 3. The van der Waals surface area contributed by atoms with E-state index in [9.17, 15) is 17.6 Å². The highest BCUT2D eigenvalue weighted by molar-refractivity contribution is 9.10. The number of hydrogen-bond acceptors (Lipinski definition) is 3. The maximum absolute atomic E-state index is 13.6. The summed E-state index contributed by atoms with van der Waals surface area (Å²) in [6.07, 6.45) is 2.88. The minimum atomic E-state index is -4.23. The van der Waals surface area contributed by atoms with Crippen molar-refractivity contribution in [1.82, 2.24) is 4.90 Å². The van der Waals surface area contributed by atoms with Crippen LogP contribution in [0.4, 0.5) is 4.39 Å². The van der Waals surface area contributed by atoms with Gasteiger partial charge in [-0.3, -0.25) is 4.79 Å². The second-order valence-electron chi connectivity index (χ2n) is 4.55. The molecule has 0 spiro atoms. The lowest BCUT2D eigenvalue weighted by Gasteiger charge is -2.27. The minimum Gasteiger partial charge on any atom is -0.339 e. The lowest BCUT2D eigenvalue weighted by molar-refractivity contribution is 0.0723. The van der Waals surface area contributed by atoms with Crippen molar-refractivity contribution in [3.63, 3.8) is 0 Å². The van der Waals surface area contributed by atoms with Crippen molar-refractivity contribution in [2.75, 3.05) is 13.1 Å². The highest BCUT2D eigenvalue weighted by atomic mass is 79.9. The molecule has 1 saturated heterocycles. The molecule has 0 aromatic heterocycles. The van der Waals surface area contributed by atoms with Crippen LogP contribution >= 0.6 is 26.6 Å². The smallest absolute Gasteiger partial charge is 0.264 e. The molecule has 1 fully saturated rings. The minimum absolute atomic E-state index is 0.104. The highest BCUT2D eigenvalue weighted by Gasteiger charge is 2.25. The number of carbonyl (C=O) groups is 1. The lowest BCUT2D eigenvalue weighted by Crippen LogP contribution is -2.35. The van der Waals surface area contributed by atoms with Crippen molar-refractivity contribution in [3.8, 4) is 0 Å². The molecule has 1 aromatic rings. The molecule has 20 heavy (non-hydrogen) atoms. The van der Waals surface area contributed by atoms with Crippen LogP contribution in [-0.2, 0) is 9.05 Å². The summed E-state index contributed by atoms with van der Waals surface area (Å²) in [4.78, 5) is 13.3. The molecule has 0 N–H and O–H groups in total. The second-order valence-corrected chi connectivity index (χ2v) is 7.94. The van der Waals surface area contributed by atoms with E-state index in [1.807, 2.05) is 0 Å². The van der Waals surface area contributed by atoms with Crippen molar-refractivity contribution in [1.29, 1.82) is 0 Å². The van der Waals surface area contributed by atoms with Gasteiger partial charge in [-0.2, -0.15) is 0 Å². The maximum Gasteiger partial charge on any atom is 0.264 e. The summed E-state index contributed by atoms with van der Waals surface area (Å²) in [5.74, 6) is -1.31. The highest BCUT2D eigenvalue weighted by Crippen LogP contribution is 2.28. The third kappa shape index (κ3) is 3.32. The number of benzene rings is 1. The van der Waals surface area contributed by atoms with Crippen molar-refractivity contribution in [2.45, 2.75) is 24.2 Å². The Bertz CT molecular complexity index is 644. The molecule has 1 aliphatic heterocycles. The van der Waals surface area contributed by atoms with E-state index in [0.29, 0.717) is 13.1 Å². The van der Waals surface area contributed by atoms with Crippen LogP contribution in [-0.4, -0.2) is 32.3 Å². The summed E-state index contributed by atoms with van der Waals surface area (Å²) in [6.45, 7) is 1.23. The van der Waals surface area contributed by atoms with Gasteiger partial charge in [0.05, 0.1) is 5.56 Å². The van der Waals surface area contributed by atoms with Crippen molar-refractivity contribution in [2.24, 2.45) is 0 Å². The molecule has 0 atom stereocenters. The van der Waals surface area contributed by atoms with Gasteiger partial charge in [0.15, 0.2) is 0 Å². The third-order valence-electron chi connectivity index (χ3n) is 3.16. The molecular formula is C12H12BrClFNO3S. The molecule has 110 valence electrons. The van der Waals surface area contributed by atoms with Crippen molar-refractivity contribution in [3.05, 3.63) is 28.0 Å². The molecule has 0 radical (unpaired) electrons. The summed E-state index contributed by atoms with van der Waals surface area (Å²) in [5.41, 5.74) is 0.104. The fraction of sp³-hybridized carbons (Fsp3) is 0.417. The van der Waals surface area contributed by atoms with Gasteiger partial charge >= 0.3 is 0 Å². The van der Waals surface area contributed by atoms with Gasteiger partial charge in [0.1, 0.15) is 10.7 Å². The first kappa shape index (κ1) is 15.7. The number of piperidine rings is 1. The number of hydrogen-bond donors (Lipinski definition) is 0. The second kappa shape index (κ2) is 5.99. The van der Waals surface area contributed by atoms with Gasteiger partial charge in [0, 0.05) is 28.2 Å². The van der Waals surface area contributed by atoms with Crippen LogP contribution in [0.25, 0.3) is 0 Å². The molecular weight excluding hydrogens is 373 g/mol. The largest absolute Gasteiger partial charge is 0.339 e. The summed E-state index contributed by atoms with van der Waals surface area (Å²) < 4.78 is 36.4. The molecule has 4 nitrogen and oxygen atoms in total. The summed E-state index contributed by atoms with van der Waals surface area (Å²) in [6, 6.07) is 1.94. The predicted octanol–water partition coefficient (Wildman–Crippen LogP) is 3.14. The number of carbonyl (C=O) groups excluding carboxylic acids is 1. The molecule has 0 saturated carbocycles. The average molecular weight is 385 g/mol. The molecule has 1 aliphatic rings. The van der Waals surface area contributed by atoms with E-state index >= 15 is 0 Å². The SMILES string of the molecule is O=C(c1cc(S(=O)(=O)Cl)c(F)cc1Br)N1CCCCC1. The molecule has 0 bridgehead atoms. The van der Waals surface area contributed by atoms with E-state index in [4.69, 9.17) is 10.7 Å². The topological polar surface area (TPSA) is 54.5 Å². The Labute approximate surface area is 129 Å². The number of likely N-dealkylation sites (tertiary alicyclic amines) is 1. The Hall–Kier alpha value is -0.660. The Kier molecular flexibility index (Phi) is 4.71. The van der Waals surface area contributed by atoms with Crippen LogP contribution in [0.15, 0.2) is 21.5 Å². The number of amides is 1. The normalized spacial score (nSPS) is 16.2. The van der Waals surface area contributed by atoms with Gasteiger partial charge in [0.2, 0.25) is 0 Å². The van der Waals surface area contributed by atoms with Gasteiger partial charge < -0.3 is 4.90 Å². The number of nitrogens with zero attached hydrogens (tertiary/aromatic N) is 1. The first-order valence-corrected chi connectivity index (χ1v) is 9.14. The molecule has 2 rings (SSSR count). The van der Waals surface area contributed by atoms with Crippen molar-refractivity contribution >= 4 is 41.6 Å².